The molecule has 0 saturated carbocycles. The maximum absolute atomic E-state index is 12.6. The van der Waals surface area contributed by atoms with E-state index in [9.17, 15) is 9.59 Å². The Morgan fingerprint density at radius 1 is 1.11 bits per heavy atom. The highest BCUT2D eigenvalue weighted by Crippen LogP contribution is 2.15. The number of para-hydroxylation sites is 1. The number of rotatable bonds is 4. The minimum atomic E-state index is -0.497. The molecule has 6 nitrogen and oxygen atoms in total. The lowest BCUT2D eigenvalue weighted by Crippen LogP contribution is -2.18. The number of hydrogen-bond acceptors (Lipinski definition) is 4. The molecule has 0 atom stereocenters. The molecule has 4 aromatic rings. The lowest BCUT2D eigenvalue weighted by atomic mass is 10.1. The van der Waals surface area contributed by atoms with E-state index < -0.39 is 5.91 Å². The summed E-state index contributed by atoms with van der Waals surface area (Å²) in [6.45, 7) is 2.55. The molecule has 1 N–H and O–H groups in total. The summed E-state index contributed by atoms with van der Waals surface area (Å²) in [5.41, 5.74) is 2.37. The van der Waals surface area contributed by atoms with E-state index >= 15 is 0 Å². The fourth-order valence-electron chi connectivity index (χ4n) is 2.83. The van der Waals surface area contributed by atoms with Gasteiger partial charge in [0.15, 0.2) is 11.2 Å². The number of aryl methyl sites for hydroxylation is 1. The first-order valence-corrected chi connectivity index (χ1v) is 8.52. The number of carbonyl (C=O) groups excluding carboxylic acids is 1. The Morgan fingerprint density at radius 2 is 1.89 bits per heavy atom. The molecule has 134 valence electrons. The fraction of sp³-hybridized carbons (Fsp3) is 0.0952. The average molecular weight is 359 g/mol. The van der Waals surface area contributed by atoms with Crippen LogP contribution < -0.4 is 10.7 Å². The van der Waals surface area contributed by atoms with Crippen molar-refractivity contribution in [1.82, 2.24) is 9.78 Å². The van der Waals surface area contributed by atoms with Crippen molar-refractivity contribution in [3.63, 3.8) is 0 Å². The van der Waals surface area contributed by atoms with Gasteiger partial charge in [-0.15, -0.1) is 0 Å². The fourth-order valence-corrected chi connectivity index (χ4v) is 2.83. The van der Waals surface area contributed by atoms with Crippen molar-refractivity contribution in [3.05, 3.63) is 94.0 Å². The molecule has 0 saturated heterocycles. The van der Waals surface area contributed by atoms with Crippen LogP contribution >= 0.6 is 0 Å². The molecule has 2 aromatic carbocycles. The first-order chi connectivity index (χ1) is 13.1. The Bertz CT molecular complexity index is 1170. The number of hydrogen-bond donors (Lipinski definition) is 1. The van der Waals surface area contributed by atoms with Gasteiger partial charge in [-0.1, -0.05) is 42.0 Å². The van der Waals surface area contributed by atoms with Gasteiger partial charge < -0.3 is 9.73 Å². The number of benzene rings is 2. The van der Waals surface area contributed by atoms with E-state index in [2.05, 4.69) is 10.4 Å². The predicted molar refractivity (Wildman–Crippen MR) is 103 cm³/mol. The third kappa shape index (κ3) is 3.50. The summed E-state index contributed by atoms with van der Waals surface area (Å²) in [6.07, 6.45) is 1.61. The first-order valence-electron chi connectivity index (χ1n) is 8.52. The summed E-state index contributed by atoms with van der Waals surface area (Å²) in [5.74, 6) is -0.0123. The summed E-state index contributed by atoms with van der Waals surface area (Å²) in [7, 11) is 0. The Morgan fingerprint density at radius 3 is 2.70 bits per heavy atom. The molecule has 1 amide bonds. The number of anilines is 1. The van der Waals surface area contributed by atoms with Crippen molar-refractivity contribution in [2.75, 3.05) is 5.32 Å². The van der Waals surface area contributed by atoms with Gasteiger partial charge in [-0.2, -0.15) is 5.10 Å². The van der Waals surface area contributed by atoms with E-state index in [0.717, 1.165) is 5.56 Å². The van der Waals surface area contributed by atoms with Gasteiger partial charge in [-0.25, -0.2) is 4.68 Å². The maximum Gasteiger partial charge on any atom is 0.292 e. The molecule has 0 radical (unpaired) electrons. The van der Waals surface area contributed by atoms with Crippen LogP contribution in [0.4, 0.5) is 5.82 Å². The number of nitrogens with zero attached hydrogens (tertiary/aromatic N) is 2. The molecular weight excluding hydrogens is 342 g/mol. The monoisotopic (exact) mass is 359 g/mol. The molecule has 0 aliphatic carbocycles. The van der Waals surface area contributed by atoms with Crippen LogP contribution in [0.15, 0.2) is 76.1 Å². The molecule has 0 bridgehead atoms. The van der Waals surface area contributed by atoms with Crippen LogP contribution in [0.1, 0.15) is 21.7 Å². The number of carbonyl (C=O) groups is 1. The van der Waals surface area contributed by atoms with Gasteiger partial charge in [0.25, 0.3) is 5.91 Å². The molecule has 2 aromatic heterocycles. The number of fused-ring (bicyclic) bond motifs is 1. The number of amides is 1. The van der Waals surface area contributed by atoms with Crippen molar-refractivity contribution < 1.29 is 9.21 Å². The molecule has 27 heavy (non-hydrogen) atoms. The van der Waals surface area contributed by atoms with Crippen LogP contribution in [0.3, 0.4) is 0 Å². The molecule has 2 heterocycles. The molecule has 0 aliphatic heterocycles. The van der Waals surface area contributed by atoms with Crippen LogP contribution in [-0.4, -0.2) is 15.7 Å². The van der Waals surface area contributed by atoms with Gasteiger partial charge in [0.1, 0.15) is 11.4 Å². The largest absolute Gasteiger partial charge is 0.451 e. The van der Waals surface area contributed by atoms with Crippen LogP contribution in [0.2, 0.25) is 0 Å². The molecule has 0 spiro atoms. The van der Waals surface area contributed by atoms with Crippen LogP contribution in [0, 0.1) is 6.92 Å². The molecule has 6 heteroatoms. The molecule has 0 unspecified atom stereocenters. The Kier molecular flexibility index (Phi) is 4.30. The zero-order chi connectivity index (χ0) is 18.8. The molecule has 4 rings (SSSR count). The molecular formula is C21H17N3O3. The SMILES string of the molecule is Cc1ccc(Cn2nccc2NC(=O)c2cc(=O)c3ccccc3o2)cc1. The highest BCUT2D eigenvalue weighted by atomic mass is 16.3. The van der Waals surface area contributed by atoms with Gasteiger partial charge in [0.05, 0.1) is 18.1 Å². The van der Waals surface area contributed by atoms with Crippen molar-refractivity contribution in [3.8, 4) is 0 Å². The zero-order valence-electron chi connectivity index (χ0n) is 14.7. The van der Waals surface area contributed by atoms with Crippen LogP contribution in [0.25, 0.3) is 11.0 Å². The lowest BCUT2D eigenvalue weighted by Gasteiger charge is -2.09. The summed E-state index contributed by atoms with van der Waals surface area (Å²) in [5, 5.41) is 7.46. The quantitative estimate of drug-likeness (QED) is 0.604. The smallest absolute Gasteiger partial charge is 0.292 e. The second-order valence-corrected chi connectivity index (χ2v) is 6.28. The average Bonchev–Trinajstić information content (AvgIpc) is 3.10. The highest BCUT2D eigenvalue weighted by Gasteiger charge is 2.14. The molecule has 0 fully saturated rings. The standard InChI is InChI=1S/C21H17N3O3/c1-14-6-8-15(9-7-14)13-24-20(10-11-22-24)23-21(26)19-12-17(25)16-4-2-3-5-18(16)27-19/h2-12H,13H2,1H3,(H,23,26). The number of nitrogens with one attached hydrogen (secondary N) is 1. The van der Waals surface area contributed by atoms with Gasteiger partial charge in [0.2, 0.25) is 0 Å². The predicted octanol–water partition coefficient (Wildman–Crippen LogP) is 3.60. The maximum atomic E-state index is 12.6. The normalized spacial score (nSPS) is 10.9. The van der Waals surface area contributed by atoms with Crippen molar-refractivity contribution in [2.24, 2.45) is 0 Å². The van der Waals surface area contributed by atoms with E-state index in [1.165, 1.54) is 11.6 Å². The highest BCUT2D eigenvalue weighted by molar-refractivity contribution is 6.02. The van der Waals surface area contributed by atoms with E-state index in [1.54, 1.807) is 41.2 Å². The summed E-state index contributed by atoms with van der Waals surface area (Å²) < 4.78 is 7.27. The van der Waals surface area contributed by atoms with Gasteiger partial charge >= 0.3 is 0 Å². The van der Waals surface area contributed by atoms with Crippen molar-refractivity contribution in [2.45, 2.75) is 13.5 Å². The van der Waals surface area contributed by atoms with Crippen molar-refractivity contribution in [1.29, 1.82) is 0 Å². The van der Waals surface area contributed by atoms with Crippen molar-refractivity contribution >= 4 is 22.7 Å². The Balaban J connectivity index is 1.58. The second-order valence-electron chi connectivity index (χ2n) is 6.28. The minimum Gasteiger partial charge on any atom is -0.451 e. The minimum absolute atomic E-state index is 0.0400. The topological polar surface area (TPSA) is 77.1 Å². The Labute approximate surface area is 155 Å². The van der Waals surface area contributed by atoms with Gasteiger partial charge in [0, 0.05) is 12.1 Å². The third-order valence-electron chi connectivity index (χ3n) is 4.27. The summed E-state index contributed by atoms with van der Waals surface area (Å²) in [4.78, 5) is 24.8. The second kappa shape index (κ2) is 6.92. The molecule has 0 aliphatic rings. The third-order valence-corrected chi connectivity index (χ3v) is 4.27. The van der Waals surface area contributed by atoms with Gasteiger partial charge in [-0.05, 0) is 24.6 Å². The van der Waals surface area contributed by atoms with Crippen LogP contribution in [0.5, 0.6) is 0 Å². The zero-order valence-corrected chi connectivity index (χ0v) is 14.7. The number of aromatic nitrogens is 2. The summed E-state index contributed by atoms with van der Waals surface area (Å²) in [6, 6.07) is 17.8. The first kappa shape index (κ1) is 16.8. The van der Waals surface area contributed by atoms with Gasteiger partial charge in [-0.3, -0.25) is 9.59 Å². The van der Waals surface area contributed by atoms with E-state index in [4.69, 9.17) is 4.42 Å². The van der Waals surface area contributed by atoms with E-state index in [-0.39, 0.29) is 11.2 Å². The Hall–Kier alpha value is -3.67. The van der Waals surface area contributed by atoms with Crippen LogP contribution in [-0.2, 0) is 6.54 Å². The lowest BCUT2D eigenvalue weighted by molar-refractivity contribution is 0.0996. The van der Waals surface area contributed by atoms with E-state index in [1.807, 2.05) is 31.2 Å². The van der Waals surface area contributed by atoms with E-state index in [0.29, 0.717) is 23.3 Å². The summed E-state index contributed by atoms with van der Waals surface area (Å²) >= 11 is 0.